The minimum absolute atomic E-state index is 0.231. The second-order valence-electron chi connectivity index (χ2n) is 9.49. The number of benzene rings is 1. The number of methoxy groups -OCH3 is 1. The van der Waals surface area contributed by atoms with E-state index in [-0.39, 0.29) is 29.9 Å². The summed E-state index contributed by atoms with van der Waals surface area (Å²) in [4.78, 5) is 27.8. The summed E-state index contributed by atoms with van der Waals surface area (Å²) in [5.74, 6) is 0.217. The standard InChI is InChI=1S/C28H39NO4S/c1-21(9-6-7-12-22-10-4-3-5-11-22)25(30)17-14-23-15-19-27(31)29(23)20-8-13-24-16-18-26(34-24)28(32)33-2/h3-5,10-11,16,18,21,23,25,30H,6-9,12-15,17,19-20H2,1-2H3/t21-,23+,25-/m1/s1. The Balaban J connectivity index is 1.35. The van der Waals surface area contributed by atoms with Crippen molar-refractivity contribution in [1.29, 1.82) is 0 Å². The van der Waals surface area contributed by atoms with Crippen molar-refractivity contribution in [2.45, 2.75) is 83.3 Å². The maximum Gasteiger partial charge on any atom is 0.348 e. The quantitative estimate of drug-likeness (QED) is 0.277. The van der Waals surface area contributed by atoms with Gasteiger partial charge in [-0.15, -0.1) is 11.3 Å². The zero-order chi connectivity index (χ0) is 24.3. The van der Waals surface area contributed by atoms with Crippen molar-refractivity contribution in [3.63, 3.8) is 0 Å². The Morgan fingerprint density at radius 2 is 1.91 bits per heavy atom. The Morgan fingerprint density at radius 3 is 2.68 bits per heavy atom. The molecule has 6 heteroatoms. The molecule has 1 N–H and O–H groups in total. The van der Waals surface area contributed by atoms with Gasteiger partial charge in [0, 0.05) is 23.9 Å². The lowest BCUT2D eigenvalue weighted by Crippen LogP contribution is -2.35. The van der Waals surface area contributed by atoms with Crippen molar-refractivity contribution >= 4 is 23.2 Å². The van der Waals surface area contributed by atoms with Gasteiger partial charge in [0.2, 0.25) is 5.91 Å². The number of ether oxygens (including phenoxy) is 1. The summed E-state index contributed by atoms with van der Waals surface area (Å²) in [5, 5.41) is 10.7. The van der Waals surface area contributed by atoms with E-state index in [2.05, 4.69) is 31.2 Å². The molecule has 1 amide bonds. The molecular weight excluding hydrogens is 446 g/mol. The molecule has 1 saturated heterocycles. The van der Waals surface area contributed by atoms with E-state index in [1.165, 1.54) is 24.0 Å². The van der Waals surface area contributed by atoms with Crippen molar-refractivity contribution in [3.8, 4) is 0 Å². The number of hydrogen-bond donors (Lipinski definition) is 1. The molecule has 0 radical (unpaired) electrons. The van der Waals surface area contributed by atoms with E-state index in [0.29, 0.717) is 11.3 Å². The van der Waals surface area contributed by atoms with E-state index in [1.807, 2.05) is 17.0 Å². The fourth-order valence-electron chi connectivity index (χ4n) is 4.83. The fraction of sp³-hybridized carbons (Fsp3) is 0.571. The Labute approximate surface area is 208 Å². The Hall–Kier alpha value is -2.18. The molecular formula is C28H39NO4S. The predicted molar refractivity (Wildman–Crippen MR) is 137 cm³/mol. The zero-order valence-electron chi connectivity index (χ0n) is 20.6. The molecule has 2 aromatic rings. The second-order valence-corrected chi connectivity index (χ2v) is 10.7. The van der Waals surface area contributed by atoms with Crippen LogP contribution in [0, 0.1) is 5.92 Å². The number of amides is 1. The van der Waals surface area contributed by atoms with E-state index in [1.54, 1.807) is 6.07 Å². The first-order chi connectivity index (χ1) is 16.5. The lowest BCUT2D eigenvalue weighted by atomic mass is 9.92. The maximum absolute atomic E-state index is 12.4. The summed E-state index contributed by atoms with van der Waals surface area (Å²) in [7, 11) is 1.39. The molecule has 5 nitrogen and oxygen atoms in total. The second kappa shape index (κ2) is 13.6. The molecule has 0 unspecified atom stereocenters. The maximum atomic E-state index is 12.4. The first kappa shape index (κ1) is 26.4. The number of rotatable bonds is 14. The van der Waals surface area contributed by atoms with Gasteiger partial charge in [0.25, 0.3) is 0 Å². The molecule has 1 fully saturated rings. The summed E-state index contributed by atoms with van der Waals surface area (Å²) < 4.78 is 4.77. The van der Waals surface area contributed by atoms with Crippen LogP contribution < -0.4 is 0 Å². The minimum Gasteiger partial charge on any atom is -0.465 e. The van der Waals surface area contributed by atoms with Gasteiger partial charge in [0.15, 0.2) is 0 Å². The first-order valence-electron chi connectivity index (χ1n) is 12.7. The van der Waals surface area contributed by atoms with Crippen LogP contribution in [0.3, 0.4) is 0 Å². The van der Waals surface area contributed by atoms with E-state index in [0.717, 1.165) is 69.2 Å². The number of aliphatic hydroxyl groups is 1. The average molecular weight is 486 g/mol. The highest BCUT2D eigenvalue weighted by Crippen LogP contribution is 2.27. The number of esters is 1. The van der Waals surface area contributed by atoms with Crippen molar-refractivity contribution in [2.75, 3.05) is 13.7 Å². The van der Waals surface area contributed by atoms with Crippen LogP contribution in [0.5, 0.6) is 0 Å². The number of hydrogen-bond acceptors (Lipinski definition) is 5. The van der Waals surface area contributed by atoms with Crippen molar-refractivity contribution in [3.05, 3.63) is 57.8 Å². The van der Waals surface area contributed by atoms with Crippen LogP contribution in [-0.4, -0.2) is 47.7 Å². The molecule has 0 saturated carbocycles. The predicted octanol–water partition coefficient (Wildman–Crippen LogP) is 5.65. The number of carbonyl (C=O) groups is 2. The van der Waals surface area contributed by atoms with E-state index in [4.69, 9.17) is 4.74 Å². The van der Waals surface area contributed by atoms with E-state index in [9.17, 15) is 14.7 Å². The normalized spacial score (nSPS) is 17.7. The van der Waals surface area contributed by atoms with Gasteiger partial charge in [-0.05, 0) is 75.0 Å². The van der Waals surface area contributed by atoms with Crippen molar-refractivity contribution < 1.29 is 19.4 Å². The lowest BCUT2D eigenvalue weighted by molar-refractivity contribution is -0.129. The Bertz CT molecular complexity index is 897. The molecule has 2 heterocycles. The molecule has 1 aromatic carbocycles. The van der Waals surface area contributed by atoms with Crippen LogP contribution in [0.4, 0.5) is 0 Å². The molecule has 34 heavy (non-hydrogen) atoms. The smallest absolute Gasteiger partial charge is 0.348 e. The van der Waals surface area contributed by atoms with Gasteiger partial charge < -0.3 is 14.7 Å². The molecule has 3 rings (SSSR count). The highest BCUT2D eigenvalue weighted by Gasteiger charge is 2.31. The number of nitrogens with zero attached hydrogens (tertiary/aromatic N) is 1. The van der Waals surface area contributed by atoms with Gasteiger partial charge in [-0.1, -0.05) is 43.7 Å². The number of unbranched alkanes of at least 4 members (excludes halogenated alkanes) is 1. The Kier molecular flexibility index (Phi) is 10.6. The third-order valence-corrected chi connectivity index (χ3v) is 8.12. The number of thiophene rings is 1. The topological polar surface area (TPSA) is 66.8 Å². The first-order valence-corrected chi connectivity index (χ1v) is 13.5. The fourth-order valence-corrected chi connectivity index (χ4v) is 5.79. The minimum atomic E-state index is -0.308. The van der Waals surface area contributed by atoms with Crippen LogP contribution in [-0.2, 0) is 22.4 Å². The van der Waals surface area contributed by atoms with Gasteiger partial charge in [0.1, 0.15) is 4.88 Å². The number of aliphatic hydroxyl groups excluding tert-OH is 1. The van der Waals surface area contributed by atoms with Crippen LogP contribution in [0.2, 0.25) is 0 Å². The lowest BCUT2D eigenvalue weighted by Gasteiger charge is -2.27. The largest absolute Gasteiger partial charge is 0.465 e. The van der Waals surface area contributed by atoms with Gasteiger partial charge in [-0.2, -0.15) is 0 Å². The van der Waals surface area contributed by atoms with E-state index < -0.39 is 0 Å². The highest BCUT2D eigenvalue weighted by molar-refractivity contribution is 7.13. The molecule has 3 atom stereocenters. The van der Waals surface area contributed by atoms with Crippen LogP contribution >= 0.6 is 11.3 Å². The van der Waals surface area contributed by atoms with Crippen LogP contribution in [0.25, 0.3) is 0 Å². The SMILES string of the molecule is COC(=O)c1ccc(CCCN2C(=O)CC[C@@H]2CC[C@@H](O)[C@H](C)CCCCc2ccccc2)s1. The molecule has 0 aliphatic carbocycles. The van der Waals surface area contributed by atoms with E-state index >= 15 is 0 Å². The summed E-state index contributed by atoms with van der Waals surface area (Å²) in [6.07, 6.45) is 8.95. The van der Waals surface area contributed by atoms with Gasteiger partial charge in [-0.3, -0.25) is 4.79 Å². The number of carbonyl (C=O) groups excluding carboxylic acids is 2. The Morgan fingerprint density at radius 1 is 1.12 bits per heavy atom. The monoisotopic (exact) mass is 485 g/mol. The van der Waals surface area contributed by atoms with Crippen LogP contribution in [0.15, 0.2) is 42.5 Å². The third-order valence-electron chi connectivity index (χ3n) is 6.99. The zero-order valence-corrected chi connectivity index (χ0v) is 21.4. The van der Waals surface area contributed by atoms with Gasteiger partial charge in [-0.25, -0.2) is 4.79 Å². The molecule has 0 bridgehead atoms. The third kappa shape index (κ3) is 7.95. The number of likely N-dealkylation sites (tertiary alicyclic amines) is 1. The summed E-state index contributed by atoms with van der Waals surface area (Å²) in [5.41, 5.74) is 1.38. The molecule has 1 aromatic heterocycles. The number of aryl methyl sites for hydroxylation is 2. The summed E-state index contributed by atoms with van der Waals surface area (Å²) in [6.45, 7) is 2.88. The molecule has 1 aliphatic heterocycles. The summed E-state index contributed by atoms with van der Waals surface area (Å²) >= 11 is 1.46. The van der Waals surface area contributed by atoms with Gasteiger partial charge >= 0.3 is 5.97 Å². The van der Waals surface area contributed by atoms with Crippen molar-refractivity contribution in [1.82, 2.24) is 4.90 Å². The van der Waals surface area contributed by atoms with Gasteiger partial charge in [0.05, 0.1) is 13.2 Å². The van der Waals surface area contributed by atoms with Crippen molar-refractivity contribution in [2.24, 2.45) is 5.92 Å². The molecule has 1 aliphatic rings. The molecule has 0 spiro atoms. The average Bonchev–Trinajstić information content (AvgIpc) is 3.47. The summed E-state index contributed by atoms with van der Waals surface area (Å²) in [6, 6.07) is 14.6. The van der Waals surface area contributed by atoms with Crippen LogP contribution in [0.1, 0.15) is 78.4 Å². The highest BCUT2D eigenvalue weighted by atomic mass is 32.1. The molecule has 186 valence electrons.